The van der Waals surface area contributed by atoms with Crippen LogP contribution in [0.3, 0.4) is 0 Å². The summed E-state index contributed by atoms with van der Waals surface area (Å²) in [4.78, 5) is 13.5. The van der Waals surface area contributed by atoms with Gasteiger partial charge in [0.25, 0.3) is 0 Å². The van der Waals surface area contributed by atoms with Gasteiger partial charge in [0, 0.05) is 18.3 Å². The molecule has 4 aliphatic rings. The van der Waals surface area contributed by atoms with Gasteiger partial charge in [0.15, 0.2) is 5.79 Å². The Balaban J connectivity index is 1.19. The number of Topliss-reactive ketones (excluding diaryl/α,β-unsaturated/α-hetero) is 1. The minimum absolute atomic E-state index is 0.0355. The lowest BCUT2D eigenvalue weighted by Crippen LogP contribution is -2.55. The molecule has 4 aliphatic carbocycles. The molecule has 0 aliphatic heterocycles. The van der Waals surface area contributed by atoms with E-state index >= 15 is 0 Å². The number of benzene rings is 2. The van der Waals surface area contributed by atoms with Crippen molar-refractivity contribution in [3.05, 3.63) is 77.4 Å². The number of rotatable bonds is 8. The summed E-state index contributed by atoms with van der Waals surface area (Å²) in [5.74, 6) is 1.91. The number of fused-ring (bicyclic) bond motifs is 5. The van der Waals surface area contributed by atoms with Crippen LogP contribution < -0.4 is 4.74 Å². The normalized spacial score (nSPS) is 37.9. The minimum atomic E-state index is -1.12. The predicted molar refractivity (Wildman–Crippen MR) is 162 cm³/mol. The summed E-state index contributed by atoms with van der Waals surface area (Å²) in [7, 11) is 0. The first-order chi connectivity index (χ1) is 19.6. The largest absolute Gasteiger partial charge is 0.494 e. The molecule has 0 radical (unpaired) electrons. The van der Waals surface area contributed by atoms with Crippen LogP contribution in [0.5, 0.6) is 5.75 Å². The topological polar surface area (TPSA) is 55.8 Å². The Kier molecular flexibility index (Phi) is 7.47. The van der Waals surface area contributed by atoms with Crippen LogP contribution in [0, 0.1) is 34.0 Å². The molecule has 4 heteroatoms. The summed E-state index contributed by atoms with van der Waals surface area (Å²) < 4.78 is 11.8. The first-order valence-electron chi connectivity index (χ1n) is 16.0. The van der Waals surface area contributed by atoms with Crippen molar-refractivity contribution in [3.8, 4) is 5.75 Å². The fourth-order valence-electron chi connectivity index (χ4n) is 9.88. The third kappa shape index (κ3) is 4.79. The molecule has 2 aromatic carbocycles. The van der Waals surface area contributed by atoms with Gasteiger partial charge in [-0.1, -0.05) is 68.0 Å². The molecule has 0 bridgehead atoms. The van der Waals surface area contributed by atoms with Gasteiger partial charge in [-0.25, -0.2) is 0 Å². The zero-order valence-electron chi connectivity index (χ0n) is 25.5. The molecule has 0 saturated heterocycles. The Morgan fingerprint density at radius 3 is 2.37 bits per heavy atom. The van der Waals surface area contributed by atoms with Crippen LogP contribution in [0.25, 0.3) is 0 Å². The van der Waals surface area contributed by atoms with Gasteiger partial charge in [0.1, 0.15) is 11.5 Å². The molecule has 0 amide bonds. The number of ketones is 1. The molecule has 0 spiro atoms. The van der Waals surface area contributed by atoms with Gasteiger partial charge >= 0.3 is 0 Å². The lowest BCUT2D eigenvalue weighted by molar-refractivity contribution is -0.231. The van der Waals surface area contributed by atoms with E-state index in [1.807, 2.05) is 38.1 Å². The maximum Gasteiger partial charge on any atom is 0.169 e. The molecule has 6 rings (SSSR count). The summed E-state index contributed by atoms with van der Waals surface area (Å²) in [6.45, 7) is 9.81. The number of carbonyl (C=O) groups is 1. The van der Waals surface area contributed by atoms with Crippen LogP contribution in [0.2, 0.25) is 0 Å². The van der Waals surface area contributed by atoms with E-state index in [9.17, 15) is 9.90 Å². The maximum atomic E-state index is 13.5. The van der Waals surface area contributed by atoms with E-state index in [0.717, 1.165) is 49.8 Å². The molecule has 7 atom stereocenters. The van der Waals surface area contributed by atoms with E-state index in [-0.39, 0.29) is 16.2 Å². The summed E-state index contributed by atoms with van der Waals surface area (Å²) >= 11 is 0. The molecule has 3 fully saturated rings. The Hall–Kier alpha value is -2.43. The van der Waals surface area contributed by atoms with Gasteiger partial charge in [0.2, 0.25) is 0 Å². The first kappa shape index (κ1) is 28.7. The smallest absolute Gasteiger partial charge is 0.169 e. The lowest BCUT2D eigenvalue weighted by Gasteiger charge is -2.60. The highest BCUT2D eigenvalue weighted by Crippen LogP contribution is 2.70. The average Bonchev–Trinajstić information content (AvgIpc) is 3.27. The van der Waals surface area contributed by atoms with Crippen molar-refractivity contribution in [1.29, 1.82) is 0 Å². The summed E-state index contributed by atoms with van der Waals surface area (Å²) in [6.07, 6.45) is 11.0. The molecule has 4 nitrogen and oxygen atoms in total. The number of ether oxygens (including phenoxy) is 2. The standard InChI is InChI=1S/C37H48O4/c1-5-40-30-14-11-28(12-15-30)25-41-37(39)22-21-34(3)29(24-37)13-16-31-32(34)17-19-35(4)33(31)18-20-36(35,26(2)38)23-27-9-7-6-8-10-27/h6-15,31-33,39H,5,16-25H2,1-4H3/t31?,32?,33?,34-,35-,36+,37-/m0/s1. The average molecular weight is 557 g/mol. The van der Waals surface area contributed by atoms with Gasteiger partial charge < -0.3 is 14.6 Å². The number of carbonyl (C=O) groups excluding carboxylic acids is 1. The second-order valence-corrected chi connectivity index (χ2v) is 14.0. The van der Waals surface area contributed by atoms with Crippen molar-refractivity contribution in [1.82, 2.24) is 0 Å². The van der Waals surface area contributed by atoms with Crippen LogP contribution >= 0.6 is 0 Å². The van der Waals surface area contributed by atoms with E-state index in [0.29, 0.717) is 49.6 Å². The summed E-state index contributed by atoms with van der Waals surface area (Å²) in [6, 6.07) is 18.6. The van der Waals surface area contributed by atoms with Crippen LogP contribution in [0.15, 0.2) is 66.2 Å². The highest BCUT2D eigenvalue weighted by Gasteiger charge is 2.65. The predicted octanol–water partition coefficient (Wildman–Crippen LogP) is 8.07. The van der Waals surface area contributed by atoms with E-state index in [2.05, 4.69) is 50.3 Å². The third-order valence-electron chi connectivity index (χ3n) is 12.3. The van der Waals surface area contributed by atoms with Gasteiger partial charge in [-0.2, -0.15) is 0 Å². The van der Waals surface area contributed by atoms with Gasteiger partial charge in [0.05, 0.1) is 13.2 Å². The summed E-state index contributed by atoms with van der Waals surface area (Å²) in [5.41, 5.74) is 3.60. The molecule has 220 valence electrons. The highest BCUT2D eigenvalue weighted by atomic mass is 16.6. The van der Waals surface area contributed by atoms with Crippen molar-refractivity contribution >= 4 is 5.78 Å². The minimum Gasteiger partial charge on any atom is -0.494 e. The fraction of sp³-hybridized carbons (Fsp3) is 0.595. The Morgan fingerprint density at radius 1 is 0.927 bits per heavy atom. The molecule has 0 aromatic heterocycles. The Morgan fingerprint density at radius 2 is 1.66 bits per heavy atom. The van der Waals surface area contributed by atoms with Crippen molar-refractivity contribution in [3.63, 3.8) is 0 Å². The Labute approximate surface area is 246 Å². The van der Waals surface area contributed by atoms with E-state index in [1.54, 1.807) is 0 Å². The van der Waals surface area contributed by atoms with Gasteiger partial charge in [-0.15, -0.1) is 0 Å². The molecule has 2 aromatic rings. The van der Waals surface area contributed by atoms with Crippen LogP contribution in [-0.2, 0) is 22.6 Å². The van der Waals surface area contributed by atoms with Crippen molar-refractivity contribution in [2.75, 3.05) is 6.61 Å². The molecular formula is C37H48O4. The quantitative estimate of drug-likeness (QED) is 0.264. The van der Waals surface area contributed by atoms with Crippen LogP contribution in [0.1, 0.15) is 90.2 Å². The zero-order chi connectivity index (χ0) is 28.9. The highest BCUT2D eigenvalue weighted by molar-refractivity contribution is 5.84. The second-order valence-electron chi connectivity index (χ2n) is 14.0. The molecular weight excluding hydrogens is 508 g/mol. The molecule has 3 unspecified atom stereocenters. The van der Waals surface area contributed by atoms with Gasteiger partial charge in [-0.3, -0.25) is 4.79 Å². The van der Waals surface area contributed by atoms with E-state index < -0.39 is 5.79 Å². The van der Waals surface area contributed by atoms with Crippen molar-refractivity contribution in [2.45, 2.75) is 97.9 Å². The van der Waals surface area contributed by atoms with Gasteiger partial charge in [-0.05, 0) is 111 Å². The van der Waals surface area contributed by atoms with Crippen LogP contribution in [-0.4, -0.2) is 23.3 Å². The zero-order valence-corrected chi connectivity index (χ0v) is 25.5. The Bertz CT molecular complexity index is 1280. The molecule has 0 heterocycles. The molecule has 3 saturated carbocycles. The molecule has 41 heavy (non-hydrogen) atoms. The third-order valence-corrected chi connectivity index (χ3v) is 12.3. The van der Waals surface area contributed by atoms with Crippen LogP contribution in [0.4, 0.5) is 0 Å². The van der Waals surface area contributed by atoms with E-state index in [1.165, 1.54) is 17.6 Å². The maximum absolute atomic E-state index is 13.5. The number of aliphatic hydroxyl groups is 1. The number of allylic oxidation sites excluding steroid dienone is 1. The fourth-order valence-corrected chi connectivity index (χ4v) is 9.88. The number of hydrogen-bond acceptors (Lipinski definition) is 4. The number of hydrogen-bond donors (Lipinski definition) is 1. The lowest BCUT2D eigenvalue weighted by atomic mass is 9.44. The first-order valence-corrected chi connectivity index (χ1v) is 16.0. The molecule has 1 N–H and O–H groups in total. The van der Waals surface area contributed by atoms with E-state index in [4.69, 9.17) is 9.47 Å². The SMILES string of the molecule is CCOc1ccc(CO[C@@]2(O)CC[C@@]3(C)C(=CCC4C3CC[C@@]3(C)C4CC[C@@]3(Cc3ccccc3)C(C)=O)C2)cc1. The second kappa shape index (κ2) is 10.7. The van der Waals surface area contributed by atoms with Crippen molar-refractivity contribution < 1.29 is 19.4 Å². The summed E-state index contributed by atoms with van der Waals surface area (Å²) in [5, 5.41) is 11.6. The monoisotopic (exact) mass is 556 g/mol. The van der Waals surface area contributed by atoms with Crippen molar-refractivity contribution in [2.24, 2.45) is 34.0 Å².